The van der Waals surface area contributed by atoms with Crippen LogP contribution < -0.4 is 0 Å². The number of hydrogen-bond acceptors (Lipinski definition) is 3. The third-order valence-corrected chi connectivity index (χ3v) is 1.20. The topological polar surface area (TPSA) is 46.5 Å². The van der Waals surface area contributed by atoms with Gasteiger partial charge in [-0.2, -0.15) is 0 Å². The highest BCUT2D eigenvalue weighted by Gasteiger charge is 2.10. The average molecular weight is 179 g/mol. The molecule has 0 spiro atoms. The second kappa shape index (κ2) is 5.16. The maximum atomic E-state index is 10.5. The fraction of sp³-hybridized carbons (Fsp3) is 0.571. The number of ether oxygens (including phenoxy) is 1. The molecular formula is C7H11ClO3. The van der Waals surface area contributed by atoms with E-state index in [1.165, 1.54) is 0 Å². The van der Waals surface area contributed by atoms with Gasteiger partial charge in [-0.3, -0.25) is 0 Å². The van der Waals surface area contributed by atoms with Crippen molar-refractivity contribution in [3.63, 3.8) is 0 Å². The van der Waals surface area contributed by atoms with Gasteiger partial charge in [0.1, 0.15) is 0 Å². The van der Waals surface area contributed by atoms with Crippen molar-refractivity contribution in [2.75, 3.05) is 0 Å². The predicted molar refractivity (Wildman–Crippen MR) is 42.2 cm³/mol. The van der Waals surface area contributed by atoms with Gasteiger partial charge in [0.05, 0.1) is 6.10 Å². The standard InChI is InChI=1S/C7H11ClO3/c1-3-7(10)11-6(8)4-5(2)9/h3,5-6,9H,1,4H2,2H3. The van der Waals surface area contributed by atoms with Crippen molar-refractivity contribution in [2.45, 2.75) is 25.0 Å². The van der Waals surface area contributed by atoms with Crippen molar-refractivity contribution in [3.8, 4) is 0 Å². The molecule has 11 heavy (non-hydrogen) atoms. The van der Waals surface area contributed by atoms with Crippen molar-refractivity contribution in [1.29, 1.82) is 0 Å². The molecule has 0 aromatic rings. The van der Waals surface area contributed by atoms with Crippen LogP contribution in [-0.2, 0) is 9.53 Å². The summed E-state index contributed by atoms with van der Waals surface area (Å²) in [4.78, 5) is 10.5. The third-order valence-electron chi connectivity index (χ3n) is 0.937. The van der Waals surface area contributed by atoms with E-state index in [1.54, 1.807) is 6.92 Å². The molecule has 0 rings (SSSR count). The lowest BCUT2D eigenvalue weighted by Gasteiger charge is -2.10. The third kappa shape index (κ3) is 5.88. The highest BCUT2D eigenvalue weighted by Crippen LogP contribution is 2.07. The zero-order valence-electron chi connectivity index (χ0n) is 6.29. The fourth-order valence-corrected chi connectivity index (χ4v) is 0.836. The predicted octanol–water partition coefficient (Wildman–Crippen LogP) is 1.05. The quantitative estimate of drug-likeness (QED) is 0.398. The van der Waals surface area contributed by atoms with Crippen LogP contribution in [-0.4, -0.2) is 22.7 Å². The van der Waals surface area contributed by atoms with Crippen molar-refractivity contribution < 1.29 is 14.6 Å². The molecule has 0 aliphatic carbocycles. The van der Waals surface area contributed by atoms with Crippen molar-refractivity contribution in [1.82, 2.24) is 0 Å². The van der Waals surface area contributed by atoms with Crippen LogP contribution in [0.3, 0.4) is 0 Å². The molecule has 0 amide bonds. The molecule has 2 unspecified atom stereocenters. The van der Waals surface area contributed by atoms with Gasteiger partial charge in [-0.05, 0) is 6.92 Å². The lowest BCUT2D eigenvalue weighted by molar-refractivity contribution is -0.140. The second-order valence-electron chi connectivity index (χ2n) is 2.14. The molecule has 0 saturated carbocycles. The summed E-state index contributed by atoms with van der Waals surface area (Å²) in [7, 11) is 0. The first-order chi connectivity index (χ1) is 5.06. The highest BCUT2D eigenvalue weighted by atomic mass is 35.5. The Bertz CT molecular complexity index is 145. The molecule has 4 heteroatoms. The molecule has 3 nitrogen and oxygen atoms in total. The molecule has 0 aliphatic rings. The van der Waals surface area contributed by atoms with Crippen molar-refractivity contribution in [2.24, 2.45) is 0 Å². The minimum atomic E-state index is -0.777. The van der Waals surface area contributed by atoms with E-state index in [0.717, 1.165) is 6.08 Å². The molecule has 64 valence electrons. The molecular weight excluding hydrogens is 168 g/mol. The average Bonchev–Trinajstić information content (AvgIpc) is 1.85. The number of aliphatic hydroxyl groups is 1. The highest BCUT2D eigenvalue weighted by molar-refractivity contribution is 6.20. The van der Waals surface area contributed by atoms with Crippen LogP contribution in [0.1, 0.15) is 13.3 Å². The normalized spacial score (nSPS) is 15.2. The summed E-state index contributed by atoms with van der Waals surface area (Å²) < 4.78 is 4.56. The Morgan fingerprint density at radius 1 is 1.91 bits per heavy atom. The van der Waals surface area contributed by atoms with E-state index in [4.69, 9.17) is 16.7 Å². The Morgan fingerprint density at radius 2 is 2.45 bits per heavy atom. The van der Waals surface area contributed by atoms with Crippen LogP contribution in [0, 0.1) is 0 Å². The van der Waals surface area contributed by atoms with Crippen molar-refractivity contribution in [3.05, 3.63) is 12.7 Å². The van der Waals surface area contributed by atoms with Crippen LogP contribution in [0.5, 0.6) is 0 Å². The maximum Gasteiger partial charge on any atom is 0.331 e. The minimum absolute atomic E-state index is 0.223. The Balaban J connectivity index is 3.59. The first-order valence-corrected chi connectivity index (χ1v) is 3.65. The van der Waals surface area contributed by atoms with Gasteiger partial charge >= 0.3 is 5.97 Å². The van der Waals surface area contributed by atoms with Gasteiger partial charge in [0.2, 0.25) is 0 Å². The number of aliphatic hydroxyl groups excluding tert-OH is 1. The summed E-state index contributed by atoms with van der Waals surface area (Å²) >= 11 is 5.50. The maximum absolute atomic E-state index is 10.5. The summed E-state index contributed by atoms with van der Waals surface area (Å²) in [5, 5.41) is 8.81. The van der Waals surface area contributed by atoms with E-state index in [9.17, 15) is 4.79 Å². The molecule has 0 heterocycles. The molecule has 0 fully saturated rings. The van der Waals surface area contributed by atoms with E-state index in [-0.39, 0.29) is 6.42 Å². The Hall–Kier alpha value is -0.540. The van der Waals surface area contributed by atoms with E-state index in [2.05, 4.69) is 11.3 Å². The number of halogens is 1. The van der Waals surface area contributed by atoms with Crippen LogP contribution >= 0.6 is 11.6 Å². The Morgan fingerprint density at radius 3 is 2.82 bits per heavy atom. The monoisotopic (exact) mass is 178 g/mol. The molecule has 2 atom stereocenters. The second-order valence-corrected chi connectivity index (χ2v) is 2.62. The lowest BCUT2D eigenvalue weighted by Crippen LogP contribution is -2.16. The number of carbonyl (C=O) groups is 1. The molecule has 0 aliphatic heterocycles. The Kier molecular flexibility index (Phi) is 4.90. The number of esters is 1. The van der Waals surface area contributed by atoms with Crippen LogP contribution in [0.15, 0.2) is 12.7 Å². The molecule has 0 aromatic heterocycles. The van der Waals surface area contributed by atoms with E-state index >= 15 is 0 Å². The summed E-state index contributed by atoms with van der Waals surface area (Å²) in [6.07, 6.45) is 0.675. The molecule has 0 bridgehead atoms. The van der Waals surface area contributed by atoms with Gasteiger partial charge in [-0.25, -0.2) is 4.79 Å². The number of carbonyl (C=O) groups excluding carboxylic acids is 1. The number of hydrogen-bond donors (Lipinski definition) is 1. The first-order valence-electron chi connectivity index (χ1n) is 3.21. The lowest BCUT2D eigenvalue weighted by atomic mass is 10.3. The molecule has 0 saturated heterocycles. The molecule has 0 aromatic carbocycles. The molecule has 1 N–H and O–H groups in total. The van der Waals surface area contributed by atoms with E-state index in [1.807, 2.05) is 0 Å². The number of rotatable bonds is 4. The zero-order chi connectivity index (χ0) is 8.85. The SMILES string of the molecule is C=CC(=O)OC(Cl)CC(C)O. The van der Waals surface area contributed by atoms with Crippen LogP contribution in [0.4, 0.5) is 0 Å². The smallest absolute Gasteiger partial charge is 0.331 e. The van der Waals surface area contributed by atoms with Gasteiger partial charge in [0.25, 0.3) is 0 Å². The van der Waals surface area contributed by atoms with Gasteiger partial charge in [-0.1, -0.05) is 18.2 Å². The molecule has 0 radical (unpaired) electrons. The summed E-state index contributed by atoms with van der Waals surface area (Å²) in [5.74, 6) is -0.578. The minimum Gasteiger partial charge on any atom is -0.443 e. The number of alkyl halides is 1. The van der Waals surface area contributed by atoms with Gasteiger partial charge < -0.3 is 9.84 Å². The van der Waals surface area contributed by atoms with Crippen molar-refractivity contribution >= 4 is 17.6 Å². The van der Waals surface area contributed by atoms with Crippen LogP contribution in [0.2, 0.25) is 0 Å². The van der Waals surface area contributed by atoms with E-state index in [0.29, 0.717) is 0 Å². The van der Waals surface area contributed by atoms with E-state index < -0.39 is 17.6 Å². The zero-order valence-corrected chi connectivity index (χ0v) is 7.04. The fourth-order valence-electron chi connectivity index (χ4n) is 0.490. The van der Waals surface area contributed by atoms with Gasteiger partial charge in [-0.15, -0.1) is 0 Å². The summed E-state index contributed by atoms with van der Waals surface area (Å²) in [6.45, 7) is 4.76. The summed E-state index contributed by atoms with van der Waals surface area (Å²) in [5.41, 5.74) is -0.777. The summed E-state index contributed by atoms with van der Waals surface area (Å²) in [6, 6.07) is 0. The first kappa shape index (κ1) is 10.5. The Labute approximate surface area is 70.6 Å². The largest absolute Gasteiger partial charge is 0.443 e. The van der Waals surface area contributed by atoms with Gasteiger partial charge in [0.15, 0.2) is 5.56 Å². The van der Waals surface area contributed by atoms with Crippen LogP contribution in [0.25, 0.3) is 0 Å². The van der Waals surface area contributed by atoms with Gasteiger partial charge in [0, 0.05) is 12.5 Å².